The van der Waals surface area contributed by atoms with E-state index in [4.69, 9.17) is 14.2 Å². The van der Waals surface area contributed by atoms with E-state index < -0.39 is 0 Å². The molecule has 0 bridgehead atoms. The molecular weight excluding hydrogens is 373 g/mol. The number of ether oxygens (including phenoxy) is 3. The van der Waals surface area contributed by atoms with Gasteiger partial charge in [0, 0.05) is 24.4 Å². The van der Waals surface area contributed by atoms with Gasteiger partial charge in [0.25, 0.3) is 5.91 Å². The smallest absolute Gasteiger partial charge is 0.255 e. The van der Waals surface area contributed by atoms with Gasteiger partial charge >= 0.3 is 0 Å². The maximum absolute atomic E-state index is 13.2. The van der Waals surface area contributed by atoms with Crippen LogP contribution < -0.4 is 14.8 Å². The molecule has 5 nitrogen and oxygen atoms in total. The molecule has 1 amide bonds. The standard InChI is InChI=1S/C23H22FNO4/c1-27-11-12-28-21-9-3-6-18(14-21)23(26)25-20-8-2-5-17(13-20)16-29-22-10-4-7-19(24)15-22/h2-10,13-15H,11-12,16H2,1H3,(H,25,26). The topological polar surface area (TPSA) is 56.8 Å². The van der Waals surface area contributed by atoms with Crippen LogP contribution in [-0.2, 0) is 11.3 Å². The molecule has 0 aliphatic rings. The Bertz CT molecular complexity index is 961. The first-order valence-corrected chi connectivity index (χ1v) is 9.14. The van der Waals surface area contributed by atoms with Gasteiger partial charge in [0.15, 0.2) is 0 Å². The summed E-state index contributed by atoms with van der Waals surface area (Å²) in [5.41, 5.74) is 1.98. The number of carbonyl (C=O) groups is 1. The minimum absolute atomic E-state index is 0.245. The fraction of sp³-hybridized carbons (Fsp3) is 0.174. The van der Waals surface area contributed by atoms with Gasteiger partial charge in [-0.2, -0.15) is 0 Å². The van der Waals surface area contributed by atoms with E-state index in [0.29, 0.717) is 36.0 Å². The Morgan fingerprint density at radius 2 is 1.66 bits per heavy atom. The van der Waals surface area contributed by atoms with Gasteiger partial charge in [-0.3, -0.25) is 4.79 Å². The van der Waals surface area contributed by atoms with Crippen LogP contribution in [0.1, 0.15) is 15.9 Å². The van der Waals surface area contributed by atoms with Crippen molar-refractivity contribution in [3.8, 4) is 11.5 Å². The van der Waals surface area contributed by atoms with Crippen molar-refractivity contribution in [2.24, 2.45) is 0 Å². The van der Waals surface area contributed by atoms with Crippen LogP contribution in [-0.4, -0.2) is 26.2 Å². The second-order valence-electron chi connectivity index (χ2n) is 6.27. The third-order valence-corrected chi connectivity index (χ3v) is 4.04. The Balaban J connectivity index is 1.60. The highest BCUT2D eigenvalue weighted by atomic mass is 19.1. The maximum Gasteiger partial charge on any atom is 0.255 e. The number of amides is 1. The highest BCUT2D eigenvalue weighted by Crippen LogP contribution is 2.18. The van der Waals surface area contributed by atoms with Crippen molar-refractivity contribution in [3.05, 3.63) is 89.7 Å². The van der Waals surface area contributed by atoms with E-state index in [1.807, 2.05) is 18.2 Å². The number of hydrogen-bond acceptors (Lipinski definition) is 4. The van der Waals surface area contributed by atoms with Gasteiger partial charge in [0.1, 0.15) is 30.5 Å². The van der Waals surface area contributed by atoms with E-state index in [1.54, 1.807) is 49.6 Å². The largest absolute Gasteiger partial charge is 0.491 e. The molecule has 3 rings (SSSR count). The van der Waals surface area contributed by atoms with E-state index in [-0.39, 0.29) is 18.3 Å². The second kappa shape index (κ2) is 10.2. The zero-order chi connectivity index (χ0) is 20.5. The number of nitrogens with one attached hydrogen (secondary N) is 1. The van der Waals surface area contributed by atoms with Crippen LogP contribution in [0.3, 0.4) is 0 Å². The lowest BCUT2D eigenvalue weighted by atomic mass is 10.1. The molecular formula is C23H22FNO4. The first-order valence-electron chi connectivity index (χ1n) is 9.14. The molecule has 1 N–H and O–H groups in total. The lowest BCUT2D eigenvalue weighted by Gasteiger charge is -2.10. The highest BCUT2D eigenvalue weighted by molar-refractivity contribution is 6.04. The average molecular weight is 395 g/mol. The van der Waals surface area contributed by atoms with Gasteiger partial charge < -0.3 is 19.5 Å². The molecule has 0 spiro atoms. The summed E-state index contributed by atoms with van der Waals surface area (Å²) in [4.78, 5) is 12.6. The molecule has 0 aromatic heterocycles. The van der Waals surface area contributed by atoms with Gasteiger partial charge in [-0.15, -0.1) is 0 Å². The average Bonchev–Trinajstić information content (AvgIpc) is 2.73. The second-order valence-corrected chi connectivity index (χ2v) is 6.27. The van der Waals surface area contributed by atoms with E-state index in [0.717, 1.165) is 5.56 Å². The molecule has 6 heteroatoms. The van der Waals surface area contributed by atoms with Crippen LogP contribution in [0, 0.1) is 5.82 Å². The van der Waals surface area contributed by atoms with Gasteiger partial charge in [-0.25, -0.2) is 4.39 Å². The lowest BCUT2D eigenvalue weighted by Crippen LogP contribution is -2.12. The summed E-state index contributed by atoms with van der Waals surface area (Å²) in [7, 11) is 1.60. The van der Waals surface area contributed by atoms with E-state index >= 15 is 0 Å². The first-order chi connectivity index (χ1) is 14.1. The fourth-order valence-electron chi connectivity index (χ4n) is 2.64. The molecule has 0 heterocycles. The number of rotatable bonds is 9. The highest BCUT2D eigenvalue weighted by Gasteiger charge is 2.08. The lowest BCUT2D eigenvalue weighted by molar-refractivity contribution is 0.102. The summed E-state index contributed by atoms with van der Waals surface area (Å²) in [5, 5.41) is 2.87. The summed E-state index contributed by atoms with van der Waals surface area (Å²) in [5.74, 6) is 0.457. The van der Waals surface area contributed by atoms with Gasteiger partial charge in [-0.1, -0.05) is 24.3 Å². The van der Waals surface area contributed by atoms with Gasteiger partial charge in [0.05, 0.1) is 6.61 Å². The number of methoxy groups -OCH3 is 1. The summed E-state index contributed by atoms with van der Waals surface area (Å²) < 4.78 is 29.3. The van der Waals surface area contributed by atoms with E-state index in [9.17, 15) is 9.18 Å². The minimum Gasteiger partial charge on any atom is -0.491 e. The molecule has 29 heavy (non-hydrogen) atoms. The molecule has 3 aromatic rings. The molecule has 0 aliphatic heterocycles. The number of carbonyl (C=O) groups excluding carboxylic acids is 1. The molecule has 0 unspecified atom stereocenters. The molecule has 0 atom stereocenters. The zero-order valence-electron chi connectivity index (χ0n) is 16.1. The number of benzene rings is 3. The number of hydrogen-bond donors (Lipinski definition) is 1. The summed E-state index contributed by atoms with van der Waals surface area (Å²) in [6.07, 6.45) is 0. The van der Waals surface area contributed by atoms with Crippen molar-refractivity contribution in [3.63, 3.8) is 0 Å². The Labute approximate surface area is 169 Å². The third kappa shape index (κ3) is 6.33. The molecule has 0 radical (unpaired) electrons. The van der Waals surface area contributed by atoms with Crippen LogP contribution in [0.4, 0.5) is 10.1 Å². The predicted octanol–water partition coefficient (Wildman–Crippen LogP) is 4.68. The first kappa shape index (κ1) is 20.4. The molecule has 0 saturated carbocycles. The minimum atomic E-state index is -0.350. The van der Waals surface area contributed by atoms with Crippen molar-refractivity contribution < 1.29 is 23.4 Å². The third-order valence-electron chi connectivity index (χ3n) is 4.04. The van der Waals surface area contributed by atoms with Crippen LogP contribution in [0.2, 0.25) is 0 Å². The predicted molar refractivity (Wildman–Crippen MR) is 109 cm³/mol. The monoisotopic (exact) mass is 395 g/mol. The van der Waals surface area contributed by atoms with Crippen molar-refractivity contribution in [1.29, 1.82) is 0 Å². The number of anilines is 1. The van der Waals surface area contributed by atoms with Gasteiger partial charge in [-0.05, 0) is 48.0 Å². The number of halogens is 1. The van der Waals surface area contributed by atoms with Crippen molar-refractivity contribution in [2.45, 2.75) is 6.61 Å². The Morgan fingerprint density at radius 1 is 0.897 bits per heavy atom. The van der Waals surface area contributed by atoms with Crippen molar-refractivity contribution in [1.82, 2.24) is 0 Å². The SMILES string of the molecule is COCCOc1cccc(C(=O)Nc2cccc(COc3cccc(F)c3)c2)c1. The molecule has 3 aromatic carbocycles. The molecule has 0 saturated heterocycles. The molecule has 150 valence electrons. The normalized spacial score (nSPS) is 10.4. The van der Waals surface area contributed by atoms with Crippen molar-refractivity contribution >= 4 is 11.6 Å². The summed E-state index contributed by atoms with van der Waals surface area (Å²) in [6.45, 7) is 1.14. The Kier molecular flexibility index (Phi) is 7.19. The summed E-state index contributed by atoms with van der Waals surface area (Å²) in [6, 6.07) is 20.2. The fourth-order valence-corrected chi connectivity index (χ4v) is 2.64. The van der Waals surface area contributed by atoms with Crippen LogP contribution in [0.25, 0.3) is 0 Å². The van der Waals surface area contributed by atoms with Crippen LogP contribution in [0.5, 0.6) is 11.5 Å². The molecule has 0 aliphatic carbocycles. The van der Waals surface area contributed by atoms with Crippen LogP contribution in [0.15, 0.2) is 72.8 Å². The molecule has 0 fully saturated rings. The summed E-state index contributed by atoms with van der Waals surface area (Å²) >= 11 is 0. The maximum atomic E-state index is 13.2. The Hall–Kier alpha value is -3.38. The zero-order valence-corrected chi connectivity index (χ0v) is 16.1. The van der Waals surface area contributed by atoms with Gasteiger partial charge in [0.2, 0.25) is 0 Å². The van der Waals surface area contributed by atoms with Crippen molar-refractivity contribution in [2.75, 3.05) is 25.6 Å². The Morgan fingerprint density at radius 3 is 2.45 bits per heavy atom. The van der Waals surface area contributed by atoms with E-state index in [1.165, 1.54) is 12.1 Å². The van der Waals surface area contributed by atoms with E-state index in [2.05, 4.69) is 5.32 Å². The quantitative estimate of drug-likeness (QED) is 0.535. The van der Waals surface area contributed by atoms with Crippen LogP contribution >= 0.6 is 0 Å².